The number of aliphatic hydroxyl groups is 1. The van der Waals surface area contributed by atoms with Crippen LogP contribution in [0, 0.1) is 0 Å². The summed E-state index contributed by atoms with van der Waals surface area (Å²) in [7, 11) is 1.00. The molecule has 5 heteroatoms. The fourth-order valence-corrected chi connectivity index (χ4v) is 0. The first-order chi connectivity index (χ1) is 1.00. The molecular formula is CH7Cl3OZr. The second-order valence-electron chi connectivity index (χ2n) is 0. The number of halogens is 3. The quantitative estimate of drug-likeness (QED) is 0.657. The van der Waals surface area contributed by atoms with Crippen molar-refractivity contribution in [3.8, 4) is 0 Å². The van der Waals surface area contributed by atoms with Crippen LogP contribution in [0.4, 0.5) is 0 Å². The number of hydrogen-bond donors (Lipinski definition) is 1. The van der Waals surface area contributed by atoms with Crippen molar-refractivity contribution in [1.82, 2.24) is 0 Å². The average Bonchev–Trinajstić information content (AvgIpc) is 1.00. The molecule has 0 aromatic carbocycles. The minimum absolute atomic E-state index is 0. The van der Waals surface area contributed by atoms with E-state index in [-0.39, 0.29) is 63.4 Å². The molecule has 6 heavy (non-hydrogen) atoms. The predicted molar refractivity (Wildman–Crippen MR) is 29.9 cm³/mol. The van der Waals surface area contributed by atoms with Gasteiger partial charge in [-0.05, 0) is 0 Å². The molecule has 0 radical (unpaired) electrons. The smallest absolute Gasteiger partial charge is 0.0319 e. The van der Waals surface area contributed by atoms with Crippen LogP contribution in [0.2, 0.25) is 0 Å². The maximum Gasteiger partial charge on any atom is 0.0319 e. The van der Waals surface area contributed by atoms with Gasteiger partial charge in [-0.2, -0.15) is 0 Å². The van der Waals surface area contributed by atoms with Crippen molar-refractivity contribution in [3.63, 3.8) is 0 Å². The molecule has 0 fully saturated rings. The Morgan fingerprint density at radius 1 is 0.833 bits per heavy atom. The standard InChI is InChI=1S/CH4O.3ClH.Zr/c1-2;;;;/h2H,1H3;3*1H;. The number of rotatable bonds is 0. The Morgan fingerprint density at radius 3 is 0.833 bits per heavy atom. The molecule has 0 spiro atoms. The van der Waals surface area contributed by atoms with Crippen LogP contribution in [-0.2, 0) is 26.2 Å². The predicted octanol–water partition coefficient (Wildman–Crippen LogP) is 0.871. The molecule has 0 atom stereocenters. The molecule has 0 unspecified atom stereocenters. The molecule has 1 N–H and O–H groups in total. The summed E-state index contributed by atoms with van der Waals surface area (Å²) in [5.41, 5.74) is 0. The van der Waals surface area contributed by atoms with Crippen molar-refractivity contribution in [3.05, 3.63) is 0 Å². The summed E-state index contributed by atoms with van der Waals surface area (Å²) in [6, 6.07) is 0. The van der Waals surface area contributed by atoms with Crippen LogP contribution in [0.5, 0.6) is 0 Å². The van der Waals surface area contributed by atoms with Crippen LogP contribution < -0.4 is 0 Å². The summed E-state index contributed by atoms with van der Waals surface area (Å²) in [6.07, 6.45) is 0. The minimum atomic E-state index is 0. The number of aliphatic hydroxyl groups excluding tert-OH is 1. The second-order valence-corrected chi connectivity index (χ2v) is 0. The molecule has 0 aliphatic heterocycles. The average molecular weight is 233 g/mol. The SMILES string of the molecule is CO.Cl.Cl.Cl.[Zr]. The summed E-state index contributed by atoms with van der Waals surface area (Å²) in [4.78, 5) is 0. The Hall–Kier alpha value is 1.71. The van der Waals surface area contributed by atoms with Gasteiger partial charge in [-0.15, -0.1) is 37.2 Å². The normalized spacial score (nSPS) is 1.00. The Morgan fingerprint density at radius 2 is 0.833 bits per heavy atom. The van der Waals surface area contributed by atoms with Gasteiger partial charge in [0.1, 0.15) is 0 Å². The van der Waals surface area contributed by atoms with Crippen molar-refractivity contribution in [2.75, 3.05) is 7.11 Å². The van der Waals surface area contributed by atoms with Crippen LogP contribution >= 0.6 is 37.2 Å². The van der Waals surface area contributed by atoms with Crippen LogP contribution in [0.25, 0.3) is 0 Å². The Balaban J connectivity index is -0.000000000833. The van der Waals surface area contributed by atoms with Gasteiger partial charge in [-0.1, -0.05) is 0 Å². The zero-order valence-electron chi connectivity index (χ0n) is 3.17. The van der Waals surface area contributed by atoms with Crippen molar-refractivity contribution in [2.24, 2.45) is 0 Å². The van der Waals surface area contributed by atoms with E-state index in [0.29, 0.717) is 0 Å². The van der Waals surface area contributed by atoms with Crippen molar-refractivity contribution < 1.29 is 31.3 Å². The van der Waals surface area contributed by atoms with Gasteiger partial charge in [0, 0.05) is 33.3 Å². The fourth-order valence-electron chi connectivity index (χ4n) is 0. The summed E-state index contributed by atoms with van der Waals surface area (Å²) < 4.78 is 0. The van der Waals surface area contributed by atoms with Crippen molar-refractivity contribution >= 4 is 37.2 Å². The third-order valence-electron chi connectivity index (χ3n) is 0. The zero-order valence-corrected chi connectivity index (χ0v) is 8.08. The van der Waals surface area contributed by atoms with Gasteiger partial charge in [0.25, 0.3) is 0 Å². The largest absolute Gasteiger partial charge is 0.400 e. The van der Waals surface area contributed by atoms with Crippen LogP contribution in [0.15, 0.2) is 0 Å². The van der Waals surface area contributed by atoms with E-state index in [1.165, 1.54) is 0 Å². The molecule has 0 heterocycles. The van der Waals surface area contributed by atoms with Gasteiger partial charge in [0.05, 0.1) is 0 Å². The van der Waals surface area contributed by atoms with Gasteiger partial charge in [0.2, 0.25) is 0 Å². The molecule has 1 nitrogen and oxygen atoms in total. The van der Waals surface area contributed by atoms with Gasteiger partial charge < -0.3 is 5.11 Å². The molecule has 0 rings (SSSR count). The number of hydrogen-bond acceptors (Lipinski definition) is 1. The first-order valence-corrected chi connectivity index (χ1v) is 0.447. The summed E-state index contributed by atoms with van der Waals surface area (Å²) in [5.74, 6) is 0. The Labute approximate surface area is 75.2 Å². The van der Waals surface area contributed by atoms with Crippen LogP contribution in [0.3, 0.4) is 0 Å². The van der Waals surface area contributed by atoms with Crippen molar-refractivity contribution in [1.29, 1.82) is 0 Å². The summed E-state index contributed by atoms with van der Waals surface area (Å²) in [6.45, 7) is 0. The van der Waals surface area contributed by atoms with Gasteiger partial charge >= 0.3 is 0 Å². The third kappa shape index (κ3) is 43.2. The van der Waals surface area contributed by atoms with E-state index in [2.05, 4.69) is 0 Å². The monoisotopic (exact) mass is 230 g/mol. The molecule has 0 aromatic rings. The van der Waals surface area contributed by atoms with E-state index in [1.54, 1.807) is 0 Å². The summed E-state index contributed by atoms with van der Waals surface area (Å²) >= 11 is 0. The third-order valence-corrected chi connectivity index (χ3v) is 0. The van der Waals surface area contributed by atoms with Gasteiger partial charge in [-0.25, -0.2) is 0 Å². The van der Waals surface area contributed by atoms with E-state index >= 15 is 0 Å². The molecule has 0 saturated carbocycles. The Kier molecular flexibility index (Phi) is 588. The molecule has 0 bridgehead atoms. The van der Waals surface area contributed by atoms with E-state index < -0.39 is 0 Å². The fraction of sp³-hybridized carbons (Fsp3) is 1.00. The molecule has 0 aliphatic carbocycles. The van der Waals surface area contributed by atoms with E-state index in [1.807, 2.05) is 0 Å². The van der Waals surface area contributed by atoms with Gasteiger partial charge in [-0.3, -0.25) is 0 Å². The Bertz CT molecular complexity index is 10.8. The van der Waals surface area contributed by atoms with E-state index in [9.17, 15) is 0 Å². The van der Waals surface area contributed by atoms with E-state index in [0.717, 1.165) is 7.11 Å². The summed E-state index contributed by atoms with van der Waals surface area (Å²) in [5, 5.41) is 7.00. The topological polar surface area (TPSA) is 20.2 Å². The first-order valence-electron chi connectivity index (χ1n) is 0.447. The van der Waals surface area contributed by atoms with Gasteiger partial charge in [0.15, 0.2) is 0 Å². The minimum Gasteiger partial charge on any atom is -0.400 e. The molecular weight excluding hydrogens is 226 g/mol. The molecule has 0 amide bonds. The first kappa shape index (κ1) is 47.2. The van der Waals surface area contributed by atoms with Crippen LogP contribution in [-0.4, -0.2) is 12.2 Å². The second kappa shape index (κ2) is 74.7. The molecule has 0 saturated heterocycles. The van der Waals surface area contributed by atoms with Crippen molar-refractivity contribution in [2.45, 2.75) is 0 Å². The molecule has 42 valence electrons. The van der Waals surface area contributed by atoms with Crippen LogP contribution in [0.1, 0.15) is 0 Å². The maximum absolute atomic E-state index is 7.00. The van der Waals surface area contributed by atoms with E-state index in [4.69, 9.17) is 5.11 Å². The maximum atomic E-state index is 7.00. The molecule has 0 aromatic heterocycles. The zero-order chi connectivity index (χ0) is 2.00. The molecule has 0 aliphatic rings.